The fraction of sp³-hybridized carbons (Fsp3) is 0.846. The molecule has 6 nitrogen and oxygen atoms in total. The quantitative estimate of drug-likeness (QED) is 0.622. The van der Waals surface area contributed by atoms with E-state index in [1.165, 1.54) is 19.3 Å². The lowest BCUT2D eigenvalue weighted by Crippen LogP contribution is -2.59. The van der Waals surface area contributed by atoms with Gasteiger partial charge in [0.1, 0.15) is 6.04 Å². The summed E-state index contributed by atoms with van der Waals surface area (Å²) in [6.45, 7) is 2.28. The van der Waals surface area contributed by atoms with Crippen LogP contribution in [0.15, 0.2) is 0 Å². The molecule has 4 N–H and O–H groups in total. The SMILES string of the molecule is NC(=O)C1CNCCN1CC(=O)NC1CCCCC1. The topological polar surface area (TPSA) is 87.5 Å². The van der Waals surface area contributed by atoms with Gasteiger partial charge in [-0.15, -0.1) is 0 Å². The summed E-state index contributed by atoms with van der Waals surface area (Å²) in [4.78, 5) is 25.2. The number of carbonyl (C=O) groups excluding carboxylic acids is 2. The second-order valence-electron chi connectivity index (χ2n) is 5.50. The highest BCUT2D eigenvalue weighted by Crippen LogP contribution is 2.17. The molecule has 0 aromatic heterocycles. The third-order valence-corrected chi connectivity index (χ3v) is 4.00. The first kappa shape index (κ1) is 14.3. The number of nitrogens with one attached hydrogen (secondary N) is 2. The fourth-order valence-electron chi connectivity index (χ4n) is 2.92. The largest absolute Gasteiger partial charge is 0.368 e. The van der Waals surface area contributed by atoms with Crippen LogP contribution in [0.2, 0.25) is 0 Å². The molecule has 2 amide bonds. The minimum absolute atomic E-state index is 0.0139. The molecule has 1 saturated heterocycles. The van der Waals surface area contributed by atoms with E-state index in [2.05, 4.69) is 10.6 Å². The van der Waals surface area contributed by atoms with Crippen LogP contribution in [-0.4, -0.2) is 55.0 Å². The molecule has 1 unspecified atom stereocenters. The first-order valence-electron chi connectivity index (χ1n) is 7.20. The maximum absolute atomic E-state index is 12.0. The monoisotopic (exact) mass is 268 g/mol. The number of amides is 2. The predicted molar refractivity (Wildman–Crippen MR) is 72.4 cm³/mol. The van der Waals surface area contributed by atoms with Gasteiger partial charge in [0.25, 0.3) is 0 Å². The molecule has 2 fully saturated rings. The van der Waals surface area contributed by atoms with E-state index in [9.17, 15) is 9.59 Å². The number of piperazine rings is 1. The summed E-state index contributed by atoms with van der Waals surface area (Å²) in [5.74, 6) is -0.349. The smallest absolute Gasteiger partial charge is 0.236 e. The van der Waals surface area contributed by atoms with E-state index in [1.54, 1.807) is 0 Å². The number of nitrogens with zero attached hydrogens (tertiary/aromatic N) is 1. The van der Waals surface area contributed by atoms with Gasteiger partial charge in [0, 0.05) is 25.7 Å². The molecule has 108 valence electrons. The maximum atomic E-state index is 12.0. The maximum Gasteiger partial charge on any atom is 0.236 e. The molecule has 2 aliphatic rings. The van der Waals surface area contributed by atoms with E-state index in [0.29, 0.717) is 19.1 Å². The fourth-order valence-corrected chi connectivity index (χ4v) is 2.92. The van der Waals surface area contributed by atoms with E-state index in [-0.39, 0.29) is 24.4 Å². The Morgan fingerprint density at radius 3 is 2.68 bits per heavy atom. The Morgan fingerprint density at radius 2 is 2.00 bits per heavy atom. The minimum Gasteiger partial charge on any atom is -0.368 e. The molecule has 0 aromatic rings. The molecule has 2 rings (SSSR count). The number of primary amides is 1. The molecular formula is C13H24N4O2. The van der Waals surface area contributed by atoms with E-state index in [4.69, 9.17) is 5.73 Å². The Bertz CT molecular complexity index is 329. The molecule has 0 radical (unpaired) electrons. The molecule has 1 aliphatic carbocycles. The molecule has 1 heterocycles. The van der Waals surface area contributed by atoms with Crippen molar-refractivity contribution in [2.24, 2.45) is 5.73 Å². The van der Waals surface area contributed by atoms with Crippen LogP contribution in [0.3, 0.4) is 0 Å². The average Bonchev–Trinajstić information content (AvgIpc) is 2.40. The predicted octanol–water partition coefficient (Wildman–Crippen LogP) is -0.806. The van der Waals surface area contributed by atoms with Crippen LogP contribution in [0.5, 0.6) is 0 Å². The molecule has 1 saturated carbocycles. The number of rotatable bonds is 4. The summed E-state index contributed by atoms with van der Waals surface area (Å²) < 4.78 is 0. The summed E-state index contributed by atoms with van der Waals surface area (Å²) in [7, 11) is 0. The summed E-state index contributed by atoms with van der Waals surface area (Å²) in [5, 5.41) is 6.20. The summed E-state index contributed by atoms with van der Waals surface area (Å²) in [6, 6.07) is -0.0537. The van der Waals surface area contributed by atoms with Gasteiger partial charge in [-0.05, 0) is 12.8 Å². The van der Waals surface area contributed by atoms with Gasteiger partial charge >= 0.3 is 0 Å². The van der Waals surface area contributed by atoms with Crippen molar-refractivity contribution in [3.05, 3.63) is 0 Å². The van der Waals surface area contributed by atoms with Crippen LogP contribution in [0, 0.1) is 0 Å². The molecular weight excluding hydrogens is 244 g/mol. The van der Waals surface area contributed by atoms with Crippen LogP contribution in [0.25, 0.3) is 0 Å². The van der Waals surface area contributed by atoms with Crippen molar-refractivity contribution in [1.29, 1.82) is 0 Å². The van der Waals surface area contributed by atoms with E-state index < -0.39 is 0 Å². The zero-order valence-electron chi connectivity index (χ0n) is 11.4. The van der Waals surface area contributed by atoms with E-state index in [0.717, 1.165) is 19.4 Å². The standard InChI is InChI=1S/C13H24N4O2/c14-13(19)11-8-15-6-7-17(11)9-12(18)16-10-4-2-1-3-5-10/h10-11,15H,1-9H2,(H2,14,19)(H,16,18). The van der Waals surface area contributed by atoms with Crippen molar-refractivity contribution >= 4 is 11.8 Å². The highest BCUT2D eigenvalue weighted by atomic mass is 16.2. The van der Waals surface area contributed by atoms with Crippen LogP contribution in [0.4, 0.5) is 0 Å². The molecule has 1 atom stereocenters. The van der Waals surface area contributed by atoms with Crippen molar-refractivity contribution in [1.82, 2.24) is 15.5 Å². The Morgan fingerprint density at radius 1 is 1.26 bits per heavy atom. The van der Waals surface area contributed by atoms with Crippen molar-refractivity contribution in [3.63, 3.8) is 0 Å². The van der Waals surface area contributed by atoms with E-state index in [1.807, 2.05) is 4.90 Å². The third-order valence-electron chi connectivity index (χ3n) is 4.00. The first-order chi connectivity index (χ1) is 9.16. The lowest BCUT2D eigenvalue weighted by molar-refractivity contribution is -0.128. The Hall–Kier alpha value is -1.14. The van der Waals surface area contributed by atoms with Crippen molar-refractivity contribution in [2.45, 2.75) is 44.2 Å². The van der Waals surface area contributed by atoms with Crippen LogP contribution >= 0.6 is 0 Å². The number of hydrogen-bond donors (Lipinski definition) is 3. The van der Waals surface area contributed by atoms with Crippen molar-refractivity contribution in [3.8, 4) is 0 Å². The Kier molecular flexibility index (Phi) is 5.15. The summed E-state index contributed by atoms with van der Waals surface area (Å²) >= 11 is 0. The van der Waals surface area contributed by atoms with Gasteiger partial charge in [0.15, 0.2) is 0 Å². The van der Waals surface area contributed by atoms with Crippen LogP contribution in [-0.2, 0) is 9.59 Å². The van der Waals surface area contributed by atoms with Gasteiger partial charge in [-0.2, -0.15) is 0 Å². The van der Waals surface area contributed by atoms with Gasteiger partial charge in [-0.1, -0.05) is 19.3 Å². The van der Waals surface area contributed by atoms with Gasteiger partial charge in [0.2, 0.25) is 11.8 Å². The van der Waals surface area contributed by atoms with E-state index >= 15 is 0 Å². The number of carbonyl (C=O) groups is 2. The molecule has 6 heteroatoms. The molecule has 19 heavy (non-hydrogen) atoms. The van der Waals surface area contributed by atoms with Crippen molar-refractivity contribution in [2.75, 3.05) is 26.2 Å². The number of nitrogens with two attached hydrogens (primary N) is 1. The summed E-state index contributed by atoms with van der Waals surface area (Å²) in [5.41, 5.74) is 5.37. The average molecular weight is 268 g/mol. The zero-order chi connectivity index (χ0) is 13.7. The molecule has 1 aliphatic heterocycles. The van der Waals surface area contributed by atoms with Crippen LogP contribution < -0.4 is 16.4 Å². The highest BCUT2D eigenvalue weighted by Gasteiger charge is 2.28. The van der Waals surface area contributed by atoms with Gasteiger partial charge in [0.05, 0.1) is 6.54 Å². The van der Waals surface area contributed by atoms with Crippen molar-refractivity contribution < 1.29 is 9.59 Å². The second-order valence-corrected chi connectivity index (χ2v) is 5.50. The van der Waals surface area contributed by atoms with Crippen LogP contribution in [0.1, 0.15) is 32.1 Å². The lowest BCUT2D eigenvalue weighted by atomic mass is 9.95. The molecule has 0 bridgehead atoms. The number of hydrogen-bond acceptors (Lipinski definition) is 4. The second kappa shape index (κ2) is 6.86. The van der Waals surface area contributed by atoms with Gasteiger partial charge < -0.3 is 16.4 Å². The molecule has 0 aromatic carbocycles. The van der Waals surface area contributed by atoms with Gasteiger partial charge in [-0.3, -0.25) is 14.5 Å². The minimum atomic E-state index is -0.370. The highest BCUT2D eigenvalue weighted by molar-refractivity contribution is 5.82. The summed E-state index contributed by atoms with van der Waals surface area (Å²) in [6.07, 6.45) is 5.82. The van der Waals surface area contributed by atoms with Gasteiger partial charge in [-0.25, -0.2) is 0 Å². The zero-order valence-corrected chi connectivity index (χ0v) is 11.4. The Balaban J connectivity index is 1.80. The molecule has 0 spiro atoms. The lowest BCUT2D eigenvalue weighted by Gasteiger charge is -2.34. The first-order valence-corrected chi connectivity index (χ1v) is 7.20. The third kappa shape index (κ3) is 4.18. The normalized spacial score (nSPS) is 26.0. The Labute approximate surface area is 114 Å².